The number of benzene rings is 4. The zero-order chi connectivity index (χ0) is 18.1. The number of rotatable bonds is 3. The summed E-state index contributed by atoms with van der Waals surface area (Å²) in [6.07, 6.45) is 5.73. The van der Waals surface area contributed by atoms with E-state index < -0.39 is 0 Å². The molecule has 0 aliphatic carbocycles. The van der Waals surface area contributed by atoms with E-state index in [0.29, 0.717) is 0 Å². The van der Waals surface area contributed by atoms with Crippen molar-refractivity contribution in [1.82, 2.24) is 4.90 Å². The van der Waals surface area contributed by atoms with Gasteiger partial charge in [0.05, 0.1) is 6.04 Å². The lowest BCUT2D eigenvalue weighted by Crippen LogP contribution is -2.32. The Hall–Kier alpha value is -2.90. The van der Waals surface area contributed by atoms with Crippen molar-refractivity contribution < 1.29 is 0 Å². The van der Waals surface area contributed by atoms with Crippen LogP contribution in [0.3, 0.4) is 0 Å². The molecule has 4 aromatic carbocycles. The van der Waals surface area contributed by atoms with Crippen LogP contribution < -0.4 is 0 Å². The van der Waals surface area contributed by atoms with Crippen LogP contribution in [0, 0.1) is 0 Å². The molecule has 5 rings (SSSR count). The van der Waals surface area contributed by atoms with Crippen molar-refractivity contribution in [3.05, 3.63) is 108 Å². The second-order valence-electron chi connectivity index (χ2n) is 7.29. The van der Waals surface area contributed by atoms with Crippen molar-refractivity contribution in [2.45, 2.75) is 12.5 Å². The zero-order valence-electron chi connectivity index (χ0n) is 15.4. The molecular formula is C26H23N. The van der Waals surface area contributed by atoms with Crippen molar-refractivity contribution in [2.24, 2.45) is 0 Å². The van der Waals surface area contributed by atoms with E-state index in [1.165, 1.54) is 32.7 Å². The lowest BCUT2D eigenvalue weighted by atomic mass is 9.89. The Kier molecular flexibility index (Phi) is 4.23. The molecule has 0 N–H and O–H groups in total. The van der Waals surface area contributed by atoms with E-state index in [4.69, 9.17) is 0 Å². The molecular weight excluding hydrogens is 326 g/mol. The zero-order valence-corrected chi connectivity index (χ0v) is 15.4. The maximum absolute atomic E-state index is 2.61. The van der Waals surface area contributed by atoms with Gasteiger partial charge in [0.15, 0.2) is 0 Å². The fourth-order valence-electron chi connectivity index (χ4n) is 4.43. The highest BCUT2D eigenvalue weighted by molar-refractivity contribution is 5.90. The SMILES string of the molecule is C1=CCN(C(c2cccc3ccccc23)c2cccc3ccccc23)CC1. The van der Waals surface area contributed by atoms with Crippen molar-refractivity contribution in [1.29, 1.82) is 0 Å². The summed E-state index contributed by atoms with van der Waals surface area (Å²) in [5.74, 6) is 0. The monoisotopic (exact) mass is 349 g/mol. The molecule has 0 aromatic heterocycles. The van der Waals surface area contributed by atoms with Gasteiger partial charge in [0.25, 0.3) is 0 Å². The van der Waals surface area contributed by atoms with Gasteiger partial charge in [-0.25, -0.2) is 0 Å². The van der Waals surface area contributed by atoms with Crippen molar-refractivity contribution in [3.63, 3.8) is 0 Å². The van der Waals surface area contributed by atoms with Crippen molar-refractivity contribution in [3.8, 4) is 0 Å². The molecule has 27 heavy (non-hydrogen) atoms. The van der Waals surface area contributed by atoms with E-state index in [2.05, 4.69) is 102 Å². The molecule has 1 aliphatic rings. The van der Waals surface area contributed by atoms with Crippen LogP contribution in [-0.4, -0.2) is 18.0 Å². The molecule has 0 bridgehead atoms. The summed E-state index contributed by atoms with van der Waals surface area (Å²) in [5, 5.41) is 5.33. The first-order valence-electron chi connectivity index (χ1n) is 9.76. The van der Waals surface area contributed by atoms with Gasteiger partial charge in [-0.2, -0.15) is 0 Å². The number of hydrogen-bond donors (Lipinski definition) is 0. The third-order valence-electron chi connectivity index (χ3n) is 5.69. The number of hydrogen-bond acceptors (Lipinski definition) is 1. The Morgan fingerprint density at radius 1 is 0.593 bits per heavy atom. The minimum atomic E-state index is 0.257. The summed E-state index contributed by atoms with van der Waals surface area (Å²) in [4.78, 5) is 2.61. The molecule has 1 nitrogen and oxygen atoms in total. The van der Waals surface area contributed by atoms with Crippen LogP contribution in [-0.2, 0) is 0 Å². The summed E-state index contributed by atoms with van der Waals surface area (Å²) < 4.78 is 0. The number of nitrogens with zero attached hydrogens (tertiary/aromatic N) is 1. The van der Waals surface area contributed by atoms with E-state index in [-0.39, 0.29) is 6.04 Å². The van der Waals surface area contributed by atoms with Crippen LogP contribution in [0.2, 0.25) is 0 Å². The van der Waals surface area contributed by atoms with Gasteiger partial charge in [0.1, 0.15) is 0 Å². The van der Waals surface area contributed by atoms with Gasteiger partial charge in [-0.05, 0) is 39.1 Å². The molecule has 0 amide bonds. The summed E-state index contributed by atoms with van der Waals surface area (Å²) >= 11 is 0. The highest BCUT2D eigenvalue weighted by Gasteiger charge is 2.25. The maximum Gasteiger partial charge on any atom is 0.0616 e. The highest BCUT2D eigenvalue weighted by Crippen LogP contribution is 2.37. The topological polar surface area (TPSA) is 3.24 Å². The van der Waals surface area contributed by atoms with Gasteiger partial charge in [0.2, 0.25) is 0 Å². The smallest absolute Gasteiger partial charge is 0.0616 e. The van der Waals surface area contributed by atoms with E-state index in [0.717, 1.165) is 19.5 Å². The van der Waals surface area contributed by atoms with E-state index in [1.807, 2.05) is 0 Å². The summed E-state index contributed by atoms with van der Waals surface area (Å²) in [7, 11) is 0. The average Bonchev–Trinajstić information content (AvgIpc) is 2.75. The molecule has 0 atom stereocenters. The van der Waals surface area contributed by atoms with Gasteiger partial charge < -0.3 is 0 Å². The van der Waals surface area contributed by atoms with E-state index in [9.17, 15) is 0 Å². The minimum absolute atomic E-state index is 0.257. The van der Waals surface area contributed by atoms with Crippen LogP contribution in [0.25, 0.3) is 21.5 Å². The molecule has 1 aliphatic heterocycles. The quantitative estimate of drug-likeness (QED) is 0.390. The van der Waals surface area contributed by atoms with Crippen molar-refractivity contribution >= 4 is 21.5 Å². The number of fused-ring (bicyclic) bond motifs is 2. The minimum Gasteiger partial charge on any atom is -0.288 e. The molecule has 0 spiro atoms. The second kappa shape index (κ2) is 7.02. The maximum atomic E-state index is 2.61. The molecule has 4 aromatic rings. The normalized spacial score (nSPS) is 15.0. The lowest BCUT2D eigenvalue weighted by Gasteiger charge is -2.34. The van der Waals surface area contributed by atoms with Gasteiger partial charge in [0, 0.05) is 13.1 Å². The molecule has 0 saturated carbocycles. The van der Waals surface area contributed by atoms with E-state index in [1.54, 1.807) is 0 Å². The highest BCUT2D eigenvalue weighted by atomic mass is 15.2. The van der Waals surface area contributed by atoms with Gasteiger partial charge in [-0.15, -0.1) is 0 Å². The van der Waals surface area contributed by atoms with Gasteiger partial charge in [-0.1, -0.05) is 97.1 Å². The predicted molar refractivity (Wildman–Crippen MR) is 115 cm³/mol. The Balaban J connectivity index is 1.78. The first-order valence-corrected chi connectivity index (χ1v) is 9.76. The largest absolute Gasteiger partial charge is 0.288 e. The van der Waals surface area contributed by atoms with Crippen LogP contribution in [0.15, 0.2) is 97.1 Å². The molecule has 0 saturated heterocycles. The Bertz CT molecular complexity index is 1040. The first-order chi connectivity index (χ1) is 13.4. The van der Waals surface area contributed by atoms with Crippen LogP contribution in [0.4, 0.5) is 0 Å². The predicted octanol–water partition coefficient (Wildman–Crippen LogP) is 6.34. The fourth-order valence-corrected chi connectivity index (χ4v) is 4.43. The lowest BCUT2D eigenvalue weighted by molar-refractivity contribution is 0.249. The molecule has 0 radical (unpaired) electrons. The summed E-state index contributed by atoms with van der Waals surface area (Å²) in [6.45, 7) is 2.09. The van der Waals surface area contributed by atoms with Crippen molar-refractivity contribution in [2.75, 3.05) is 13.1 Å². The average molecular weight is 349 g/mol. The second-order valence-corrected chi connectivity index (χ2v) is 7.29. The Morgan fingerprint density at radius 3 is 1.70 bits per heavy atom. The first kappa shape index (κ1) is 16.3. The summed E-state index contributed by atoms with van der Waals surface area (Å²) in [6, 6.07) is 31.3. The Labute approximate surface area is 160 Å². The molecule has 1 heterocycles. The van der Waals surface area contributed by atoms with Gasteiger partial charge in [-0.3, -0.25) is 4.90 Å². The third kappa shape index (κ3) is 2.94. The molecule has 132 valence electrons. The molecule has 0 fully saturated rings. The third-order valence-corrected chi connectivity index (χ3v) is 5.69. The van der Waals surface area contributed by atoms with E-state index >= 15 is 0 Å². The van der Waals surface area contributed by atoms with Crippen LogP contribution in [0.5, 0.6) is 0 Å². The molecule has 0 unspecified atom stereocenters. The fraction of sp³-hybridized carbons (Fsp3) is 0.154. The van der Waals surface area contributed by atoms with Crippen LogP contribution in [0.1, 0.15) is 23.6 Å². The summed E-state index contributed by atoms with van der Waals surface area (Å²) in [5.41, 5.74) is 2.81. The Morgan fingerprint density at radius 2 is 1.15 bits per heavy atom. The van der Waals surface area contributed by atoms with Crippen LogP contribution >= 0.6 is 0 Å². The standard InChI is InChI=1S/C26H23N/c1-6-18-27(19-7-1)26(24-16-8-12-20-10-2-4-14-22(20)24)25-17-9-13-21-11-3-5-15-23(21)25/h1-6,8-17,26H,7,18-19H2. The molecule has 1 heteroatoms. The van der Waals surface area contributed by atoms with Gasteiger partial charge >= 0.3 is 0 Å².